The average Bonchev–Trinajstić information content (AvgIpc) is 3.64. The van der Waals surface area contributed by atoms with E-state index in [-0.39, 0.29) is 0 Å². The highest BCUT2D eigenvalue weighted by Crippen LogP contribution is 2.34. The number of benzene rings is 6. The van der Waals surface area contributed by atoms with Crippen LogP contribution in [-0.4, -0.2) is 19.5 Å². The summed E-state index contributed by atoms with van der Waals surface area (Å²) in [5, 5.41) is 4.42. The van der Waals surface area contributed by atoms with Gasteiger partial charge in [-0.2, -0.15) is 9.97 Å². The summed E-state index contributed by atoms with van der Waals surface area (Å²) in [6, 6.07) is 49.8. The Hall–Kier alpha value is -6.07. The molecule has 6 aromatic carbocycles. The molecule has 0 spiro atoms. The predicted molar refractivity (Wildman–Crippen MR) is 178 cm³/mol. The molecule has 5 heteroatoms. The van der Waals surface area contributed by atoms with Gasteiger partial charge in [0.25, 0.3) is 0 Å². The number of rotatable bonds is 4. The molecule has 5 nitrogen and oxygen atoms in total. The van der Waals surface area contributed by atoms with Crippen molar-refractivity contribution in [2.45, 2.75) is 0 Å². The lowest BCUT2D eigenvalue weighted by atomic mass is 10.0. The Morgan fingerprint density at radius 3 is 1.64 bits per heavy atom. The van der Waals surface area contributed by atoms with Crippen molar-refractivity contribution in [3.63, 3.8) is 0 Å². The first-order valence-electron chi connectivity index (χ1n) is 14.6. The summed E-state index contributed by atoms with van der Waals surface area (Å²) in [6.45, 7) is 0. The number of para-hydroxylation sites is 3. The fraction of sp³-hybridized carbons (Fsp3) is 0. The van der Waals surface area contributed by atoms with Crippen LogP contribution in [0.15, 0.2) is 150 Å². The second kappa shape index (κ2) is 9.75. The van der Waals surface area contributed by atoms with Gasteiger partial charge in [0.15, 0.2) is 11.6 Å². The van der Waals surface area contributed by atoms with Crippen molar-refractivity contribution in [2.24, 2.45) is 0 Å². The summed E-state index contributed by atoms with van der Waals surface area (Å²) in [7, 11) is 0. The first-order valence-corrected chi connectivity index (χ1v) is 14.6. The van der Waals surface area contributed by atoms with Crippen molar-refractivity contribution in [3.8, 4) is 39.9 Å². The maximum Gasteiger partial charge on any atom is 0.238 e. The van der Waals surface area contributed by atoms with Crippen molar-refractivity contribution >= 4 is 43.7 Å². The van der Waals surface area contributed by atoms with Crippen molar-refractivity contribution in [2.75, 3.05) is 0 Å². The van der Waals surface area contributed by atoms with Crippen molar-refractivity contribution < 1.29 is 4.42 Å². The SMILES string of the molecule is c1ccc(-c2ccc(-c3nc(-c4ccc5oc6ccccc6c5c4)nc(-n4c5ccccc5c5ccccc54)n3)cc2)cc1. The Bertz CT molecular complexity index is 2440. The van der Waals surface area contributed by atoms with E-state index in [2.05, 4.69) is 114 Å². The maximum atomic E-state index is 6.11. The lowest BCUT2D eigenvalue weighted by molar-refractivity contribution is 0.669. The Morgan fingerprint density at radius 2 is 0.909 bits per heavy atom. The van der Waals surface area contributed by atoms with Crippen LogP contribution in [0.25, 0.3) is 83.6 Å². The lowest BCUT2D eigenvalue weighted by Crippen LogP contribution is -2.06. The molecule has 0 unspecified atom stereocenters. The first kappa shape index (κ1) is 24.5. The number of hydrogen-bond donors (Lipinski definition) is 0. The second-order valence-electron chi connectivity index (χ2n) is 10.9. The van der Waals surface area contributed by atoms with Crippen LogP contribution in [0.3, 0.4) is 0 Å². The monoisotopic (exact) mass is 564 g/mol. The topological polar surface area (TPSA) is 56.7 Å². The summed E-state index contributed by atoms with van der Waals surface area (Å²) in [4.78, 5) is 15.3. The van der Waals surface area contributed by atoms with Crippen LogP contribution in [0.2, 0.25) is 0 Å². The van der Waals surface area contributed by atoms with Gasteiger partial charge in [0.1, 0.15) is 11.2 Å². The molecule has 0 N–H and O–H groups in total. The molecule has 0 saturated heterocycles. The molecular formula is C39H24N4O. The van der Waals surface area contributed by atoms with Gasteiger partial charge in [-0.05, 0) is 47.5 Å². The molecule has 0 saturated carbocycles. The minimum Gasteiger partial charge on any atom is -0.456 e. The molecule has 0 aliphatic heterocycles. The summed E-state index contributed by atoms with van der Waals surface area (Å²) in [6.07, 6.45) is 0. The summed E-state index contributed by atoms with van der Waals surface area (Å²) < 4.78 is 8.25. The smallest absolute Gasteiger partial charge is 0.238 e. The van der Waals surface area contributed by atoms with Gasteiger partial charge in [-0.25, -0.2) is 4.98 Å². The Labute approximate surface area is 252 Å². The van der Waals surface area contributed by atoms with E-state index < -0.39 is 0 Å². The van der Waals surface area contributed by atoms with E-state index in [0.717, 1.165) is 60.4 Å². The van der Waals surface area contributed by atoms with E-state index in [1.54, 1.807) is 0 Å². The third-order valence-corrected chi connectivity index (χ3v) is 8.29. The van der Waals surface area contributed by atoms with E-state index in [4.69, 9.17) is 19.4 Å². The van der Waals surface area contributed by atoms with Gasteiger partial charge in [0, 0.05) is 32.7 Å². The molecule has 0 amide bonds. The Kier molecular flexibility index (Phi) is 5.43. The van der Waals surface area contributed by atoms with Gasteiger partial charge in [0.05, 0.1) is 11.0 Å². The van der Waals surface area contributed by atoms with Crippen LogP contribution in [0, 0.1) is 0 Å². The number of aromatic nitrogens is 4. The molecule has 0 atom stereocenters. The zero-order chi connectivity index (χ0) is 29.0. The number of furan rings is 1. The van der Waals surface area contributed by atoms with E-state index in [1.165, 1.54) is 5.56 Å². The third-order valence-electron chi connectivity index (χ3n) is 8.29. The quantitative estimate of drug-likeness (QED) is 0.213. The zero-order valence-electron chi connectivity index (χ0n) is 23.6. The number of nitrogens with zero attached hydrogens (tertiary/aromatic N) is 4. The van der Waals surface area contributed by atoms with Crippen LogP contribution in [0.4, 0.5) is 0 Å². The molecular weight excluding hydrogens is 540 g/mol. The van der Waals surface area contributed by atoms with E-state index in [9.17, 15) is 0 Å². The van der Waals surface area contributed by atoms with Crippen LogP contribution in [0.5, 0.6) is 0 Å². The molecule has 0 fully saturated rings. The van der Waals surface area contributed by atoms with Crippen molar-refractivity contribution in [1.82, 2.24) is 19.5 Å². The lowest BCUT2D eigenvalue weighted by Gasteiger charge is -2.11. The maximum absolute atomic E-state index is 6.11. The molecule has 44 heavy (non-hydrogen) atoms. The van der Waals surface area contributed by atoms with Crippen molar-refractivity contribution in [1.29, 1.82) is 0 Å². The minimum atomic E-state index is 0.576. The molecule has 3 aromatic heterocycles. The fourth-order valence-corrected chi connectivity index (χ4v) is 6.17. The van der Waals surface area contributed by atoms with Gasteiger partial charge in [0.2, 0.25) is 5.95 Å². The predicted octanol–water partition coefficient (Wildman–Crippen LogP) is 9.87. The Morgan fingerprint density at radius 1 is 0.386 bits per heavy atom. The Balaban J connectivity index is 1.28. The van der Waals surface area contributed by atoms with E-state index in [1.807, 2.05) is 36.4 Å². The number of hydrogen-bond acceptors (Lipinski definition) is 4. The van der Waals surface area contributed by atoms with Gasteiger partial charge < -0.3 is 4.42 Å². The molecule has 206 valence electrons. The van der Waals surface area contributed by atoms with E-state index >= 15 is 0 Å². The summed E-state index contributed by atoms with van der Waals surface area (Å²) in [5.41, 5.74) is 7.93. The van der Waals surface area contributed by atoms with E-state index in [0.29, 0.717) is 17.6 Å². The second-order valence-corrected chi connectivity index (χ2v) is 10.9. The molecule has 0 bridgehead atoms. The fourth-order valence-electron chi connectivity index (χ4n) is 6.17. The molecule has 0 aliphatic carbocycles. The molecule has 3 heterocycles. The van der Waals surface area contributed by atoms with Gasteiger partial charge in [-0.1, -0.05) is 109 Å². The van der Waals surface area contributed by atoms with Crippen LogP contribution >= 0.6 is 0 Å². The highest BCUT2D eigenvalue weighted by Gasteiger charge is 2.18. The highest BCUT2D eigenvalue weighted by atomic mass is 16.3. The largest absolute Gasteiger partial charge is 0.456 e. The summed E-state index contributed by atoms with van der Waals surface area (Å²) >= 11 is 0. The minimum absolute atomic E-state index is 0.576. The molecule has 9 aromatic rings. The van der Waals surface area contributed by atoms with Crippen molar-refractivity contribution in [3.05, 3.63) is 146 Å². The zero-order valence-corrected chi connectivity index (χ0v) is 23.6. The molecule has 0 radical (unpaired) electrons. The van der Waals surface area contributed by atoms with Gasteiger partial charge in [-0.3, -0.25) is 4.57 Å². The first-order chi connectivity index (χ1) is 21.8. The van der Waals surface area contributed by atoms with Gasteiger partial charge >= 0.3 is 0 Å². The molecule has 9 rings (SSSR count). The standard InChI is InChI=1S/C39H24N4O/c1-2-10-25(11-3-1)26-18-20-27(21-19-26)37-40-38(28-22-23-36-32(24-28)31-14-6-9-17-35(31)44-36)42-39(41-37)43-33-15-7-4-12-29(33)30-13-5-8-16-34(30)43/h1-24H. The highest BCUT2D eigenvalue weighted by molar-refractivity contribution is 6.09. The van der Waals surface area contributed by atoms with Crippen LogP contribution in [-0.2, 0) is 0 Å². The normalized spacial score (nSPS) is 11.6. The molecule has 0 aliphatic rings. The van der Waals surface area contributed by atoms with Gasteiger partial charge in [-0.15, -0.1) is 0 Å². The van der Waals surface area contributed by atoms with Crippen LogP contribution in [0.1, 0.15) is 0 Å². The van der Waals surface area contributed by atoms with Crippen LogP contribution < -0.4 is 0 Å². The third kappa shape index (κ3) is 3.91. The number of fused-ring (bicyclic) bond motifs is 6. The average molecular weight is 565 g/mol. The summed E-state index contributed by atoms with van der Waals surface area (Å²) in [5.74, 6) is 1.79.